The van der Waals surface area contributed by atoms with Gasteiger partial charge in [-0.1, -0.05) is 60.1 Å². The first kappa shape index (κ1) is 18.5. The fourth-order valence-electron chi connectivity index (χ4n) is 3.25. The number of rotatable bonds is 5. The minimum Gasteiger partial charge on any atom is -0.481 e. The lowest BCUT2D eigenvalue weighted by atomic mass is 9.98. The summed E-state index contributed by atoms with van der Waals surface area (Å²) in [6.45, 7) is 0. The van der Waals surface area contributed by atoms with Crippen LogP contribution >= 0.6 is 23.4 Å². The molecule has 0 saturated carbocycles. The van der Waals surface area contributed by atoms with Crippen molar-refractivity contribution >= 4 is 40.2 Å². The van der Waals surface area contributed by atoms with Gasteiger partial charge in [0.05, 0.1) is 16.0 Å². The van der Waals surface area contributed by atoms with Crippen molar-refractivity contribution in [2.45, 2.75) is 4.90 Å². The second-order valence-electron chi connectivity index (χ2n) is 6.31. The van der Waals surface area contributed by atoms with Gasteiger partial charge >= 0.3 is 5.97 Å². The number of pyridine rings is 1. The fraction of sp³-hybridized carbons (Fsp3) is 0.0435. The molecule has 3 nitrogen and oxygen atoms in total. The van der Waals surface area contributed by atoms with Gasteiger partial charge in [0.15, 0.2) is 0 Å². The van der Waals surface area contributed by atoms with E-state index in [0.717, 1.165) is 38.2 Å². The lowest BCUT2D eigenvalue weighted by Gasteiger charge is -2.13. The second kappa shape index (κ2) is 8.05. The van der Waals surface area contributed by atoms with E-state index in [4.69, 9.17) is 11.6 Å². The first-order valence-corrected chi connectivity index (χ1v) is 10.1. The second-order valence-corrected chi connectivity index (χ2v) is 7.73. The maximum absolute atomic E-state index is 11.3. The van der Waals surface area contributed by atoms with Gasteiger partial charge in [-0.05, 0) is 29.8 Å². The van der Waals surface area contributed by atoms with E-state index in [1.54, 1.807) is 0 Å². The number of aromatic nitrogens is 1. The molecule has 0 spiro atoms. The highest BCUT2D eigenvalue weighted by molar-refractivity contribution is 8.00. The summed E-state index contributed by atoms with van der Waals surface area (Å²) >= 11 is 7.62. The lowest BCUT2D eigenvalue weighted by molar-refractivity contribution is -0.333. The van der Waals surface area contributed by atoms with E-state index in [1.165, 1.54) is 11.8 Å². The van der Waals surface area contributed by atoms with Gasteiger partial charge in [0, 0.05) is 22.2 Å². The Hall–Kier alpha value is -2.82. The maximum Gasteiger partial charge on any atom is 0.313 e. The summed E-state index contributed by atoms with van der Waals surface area (Å²) in [5.41, 5.74) is 4.86. The number of carboxylic acids is 1. The number of H-pyrrole nitrogens is 1. The molecule has 28 heavy (non-hydrogen) atoms. The highest BCUT2D eigenvalue weighted by atomic mass is 35.5. The zero-order valence-corrected chi connectivity index (χ0v) is 16.4. The average molecular weight is 407 g/mol. The molecule has 5 heteroatoms. The molecule has 4 aromatic rings. The molecule has 4 rings (SSSR count). The van der Waals surface area contributed by atoms with E-state index >= 15 is 0 Å². The van der Waals surface area contributed by atoms with Gasteiger partial charge in [0.2, 0.25) is 11.2 Å². The number of aromatic amines is 1. The van der Waals surface area contributed by atoms with Crippen LogP contribution in [0.2, 0.25) is 5.02 Å². The molecular weight excluding hydrogens is 390 g/mol. The van der Waals surface area contributed by atoms with E-state index in [1.807, 2.05) is 78.9 Å². The molecule has 0 aliphatic rings. The summed E-state index contributed by atoms with van der Waals surface area (Å²) in [5, 5.41) is 10.9. The monoisotopic (exact) mass is 406 g/mol. The Labute approximate surface area is 172 Å². The summed E-state index contributed by atoms with van der Waals surface area (Å²) in [5.74, 6) is -0.881. The van der Waals surface area contributed by atoms with E-state index < -0.39 is 5.97 Å². The summed E-state index contributed by atoms with van der Waals surface area (Å²) in [6.07, 6.45) is 0. The van der Waals surface area contributed by atoms with Crippen molar-refractivity contribution < 1.29 is 14.9 Å². The summed E-state index contributed by atoms with van der Waals surface area (Å²) in [6, 6.07) is 25.7. The Morgan fingerprint density at radius 2 is 1.57 bits per heavy atom. The standard InChI is InChI=1S/C23H16ClNO2S/c24-17-11-12-19-18(13-17)21(15-7-3-1-4-8-15)23(28-14-20(26)27)22(25-19)16-9-5-2-6-10-16/h1-13H,14H2,(H,26,27)/p+1. The predicted molar refractivity (Wildman–Crippen MR) is 115 cm³/mol. The van der Waals surface area contributed by atoms with Gasteiger partial charge in [-0.15, -0.1) is 11.8 Å². The maximum atomic E-state index is 11.3. The Morgan fingerprint density at radius 3 is 2.21 bits per heavy atom. The molecule has 1 aromatic heterocycles. The van der Waals surface area contributed by atoms with Crippen molar-refractivity contribution in [1.82, 2.24) is 0 Å². The van der Waals surface area contributed by atoms with Crippen LogP contribution in [0.25, 0.3) is 33.3 Å². The molecule has 138 valence electrons. The number of aliphatic carboxylic acids is 1. The Bertz CT molecular complexity index is 1150. The molecule has 0 radical (unpaired) electrons. The number of hydrogen-bond acceptors (Lipinski definition) is 2. The van der Waals surface area contributed by atoms with Crippen molar-refractivity contribution in [3.63, 3.8) is 0 Å². The van der Waals surface area contributed by atoms with Crippen LogP contribution in [-0.4, -0.2) is 16.8 Å². The molecule has 0 bridgehead atoms. The summed E-state index contributed by atoms with van der Waals surface area (Å²) in [7, 11) is 0. The van der Waals surface area contributed by atoms with Crippen LogP contribution in [0, 0.1) is 0 Å². The van der Waals surface area contributed by atoms with E-state index in [-0.39, 0.29) is 5.75 Å². The smallest absolute Gasteiger partial charge is 0.313 e. The van der Waals surface area contributed by atoms with Crippen molar-refractivity contribution in [2.75, 3.05) is 5.75 Å². The largest absolute Gasteiger partial charge is 0.481 e. The molecule has 0 amide bonds. The SMILES string of the molecule is O=C(O)CSc1c(-c2ccccc2)[nH+]c2ccc(Cl)cc2c1-c1ccccc1. The van der Waals surface area contributed by atoms with Gasteiger partial charge in [0.25, 0.3) is 0 Å². The Kier molecular flexibility index (Phi) is 5.33. The van der Waals surface area contributed by atoms with Crippen LogP contribution in [0.4, 0.5) is 0 Å². The summed E-state index contributed by atoms with van der Waals surface area (Å²) < 4.78 is 0. The average Bonchev–Trinajstić information content (AvgIpc) is 2.72. The highest BCUT2D eigenvalue weighted by Crippen LogP contribution is 2.41. The molecule has 0 aliphatic carbocycles. The topological polar surface area (TPSA) is 51.4 Å². The molecule has 0 unspecified atom stereocenters. The van der Waals surface area contributed by atoms with E-state index in [9.17, 15) is 9.90 Å². The number of nitrogens with one attached hydrogen (secondary N) is 1. The van der Waals surface area contributed by atoms with Crippen LogP contribution in [0.3, 0.4) is 0 Å². The molecule has 0 atom stereocenters. The Balaban J connectivity index is 2.09. The fourth-order valence-corrected chi connectivity index (χ4v) is 4.37. The van der Waals surface area contributed by atoms with Crippen molar-refractivity contribution in [1.29, 1.82) is 0 Å². The minimum atomic E-state index is -0.853. The molecular formula is C23H17ClNO2S+. The zero-order chi connectivity index (χ0) is 19.5. The minimum absolute atomic E-state index is 0.0282. The van der Waals surface area contributed by atoms with Gasteiger partial charge < -0.3 is 5.11 Å². The number of thioether (sulfide) groups is 1. The molecule has 1 heterocycles. The van der Waals surface area contributed by atoms with Crippen LogP contribution < -0.4 is 4.98 Å². The van der Waals surface area contributed by atoms with Crippen molar-refractivity contribution in [2.24, 2.45) is 0 Å². The third-order valence-electron chi connectivity index (χ3n) is 4.43. The third-order valence-corrected chi connectivity index (χ3v) is 5.75. The van der Waals surface area contributed by atoms with Crippen molar-refractivity contribution in [3.05, 3.63) is 83.9 Å². The van der Waals surface area contributed by atoms with Gasteiger partial charge in [-0.3, -0.25) is 4.79 Å². The van der Waals surface area contributed by atoms with E-state index in [2.05, 4.69) is 4.98 Å². The van der Waals surface area contributed by atoms with Gasteiger partial charge in [-0.2, -0.15) is 0 Å². The number of benzene rings is 3. The number of halogens is 1. The van der Waals surface area contributed by atoms with Crippen LogP contribution in [0.5, 0.6) is 0 Å². The van der Waals surface area contributed by atoms with E-state index in [0.29, 0.717) is 5.02 Å². The van der Waals surface area contributed by atoms with Gasteiger partial charge in [-0.25, -0.2) is 4.98 Å². The zero-order valence-electron chi connectivity index (χ0n) is 14.9. The number of carbonyl (C=O) groups is 1. The van der Waals surface area contributed by atoms with Crippen molar-refractivity contribution in [3.8, 4) is 22.4 Å². The molecule has 3 aromatic carbocycles. The number of fused-ring (bicyclic) bond motifs is 1. The molecule has 2 N–H and O–H groups in total. The quantitative estimate of drug-likeness (QED) is 0.425. The van der Waals surface area contributed by atoms with Gasteiger partial charge in [0.1, 0.15) is 0 Å². The number of carboxylic acid groups (broad SMARTS) is 1. The summed E-state index contributed by atoms with van der Waals surface area (Å²) in [4.78, 5) is 15.7. The number of hydrogen-bond donors (Lipinski definition) is 1. The van der Waals surface area contributed by atoms with Crippen LogP contribution in [0.1, 0.15) is 0 Å². The van der Waals surface area contributed by atoms with Crippen LogP contribution in [0.15, 0.2) is 83.8 Å². The molecule has 0 aliphatic heterocycles. The van der Waals surface area contributed by atoms with Crippen LogP contribution in [-0.2, 0) is 4.79 Å². The molecule has 0 fully saturated rings. The lowest BCUT2D eigenvalue weighted by Crippen LogP contribution is -2.12. The molecule has 0 saturated heterocycles. The highest BCUT2D eigenvalue weighted by Gasteiger charge is 2.24. The Morgan fingerprint density at radius 1 is 0.929 bits per heavy atom. The first-order chi connectivity index (χ1) is 13.6. The first-order valence-electron chi connectivity index (χ1n) is 8.77. The normalized spacial score (nSPS) is 10.9. The third kappa shape index (κ3) is 3.75. The predicted octanol–water partition coefficient (Wildman–Crippen LogP) is 5.82.